The third-order valence-electron chi connectivity index (χ3n) is 1.04. The van der Waals surface area contributed by atoms with Gasteiger partial charge in [0.25, 0.3) is 6.29 Å². The number of hydrogen-bond acceptors (Lipinski definition) is 4. The molecule has 0 fully saturated rings. The molecule has 71 valence electrons. The highest BCUT2D eigenvalue weighted by Crippen LogP contribution is 2.02. The smallest absolute Gasteiger partial charge is 0.305 e. The second kappa shape index (κ2) is 6.42. The summed E-state index contributed by atoms with van der Waals surface area (Å²) in [5.74, 6) is -0.956. The highest BCUT2D eigenvalue weighted by molar-refractivity contribution is 6.16. The summed E-state index contributed by atoms with van der Waals surface area (Å²) >= 11 is 0. The van der Waals surface area contributed by atoms with Crippen LogP contribution in [0, 0.1) is 0 Å². The summed E-state index contributed by atoms with van der Waals surface area (Å²) in [6.45, 7) is 2.52. The van der Waals surface area contributed by atoms with E-state index in [0.717, 1.165) is 0 Å². The number of rotatable bonds is 4. The largest absolute Gasteiger partial charge is 0.425 e. The van der Waals surface area contributed by atoms with Gasteiger partial charge in [-0.3, -0.25) is 9.59 Å². The molecule has 13 heavy (non-hydrogen) atoms. The molecule has 0 aliphatic heterocycles. The molecular formula is C8H11O4Si. The zero-order valence-corrected chi connectivity index (χ0v) is 8.57. The molecule has 5 heteroatoms. The van der Waals surface area contributed by atoms with Gasteiger partial charge in [0.15, 0.2) is 0 Å². The van der Waals surface area contributed by atoms with E-state index >= 15 is 0 Å². The van der Waals surface area contributed by atoms with Crippen LogP contribution in [0.5, 0.6) is 0 Å². The van der Waals surface area contributed by atoms with Gasteiger partial charge in [-0.15, -0.1) is 5.70 Å². The lowest BCUT2D eigenvalue weighted by Gasteiger charge is -2.14. The van der Waals surface area contributed by atoms with Crippen molar-refractivity contribution in [2.24, 2.45) is 0 Å². The van der Waals surface area contributed by atoms with Gasteiger partial charge in [-0.05, 0) is 0 Å². The van der Waals surface area contributed by atoms with Crippen molar-refractivity contribution in [3.8, 4) is 0 Å². The van der Waals surface area contributed by atoms with Crippen LogP contribution in [0.1, 0.15) is 20.3 Å². The summed E-state index contributed by atoms with van der Waals surface area (Å²) < 4.78 is 9.42. The lowest BCUT2D eigenvalue weighted by Crippen LogP contribution is -2.21. The fourth-order valence-corrected chi connectivity index (χ4v) is 0.806. The molecule has 0 bridgehead atoms. The van der Waals surface area contributed by atoms with Crippen LogP contribution in [0.3, 0.4) is 0 Å². The van der Waals surface area contributed by atoms with Gasteiger partial charge in [-0.1, -0.05) is 6.08 Å². The van der Waals surface area contributed by atoms with Crippen molar-refractivity contribution in [2.75, 3.05) is 0 Å². The van der Waals surface area contributed by atoms with E-state index in [0.29, 0.717) is 6.42 Å². The molecule has 0 saturated heterocycles. The van der Waals surface area contributed by atoms with Crippen molar-refractivity contribution in [3.63, 3.8) is 0 Å². The van der Waals surface area contributed by atoms with Crippen LogP contribution in [0.2, 0.25) is 0 Å². The SMILES string of the molecule is CC(=O)OC(CC=C[Si])OC(C)=O. The maximum atomic E-state index is 10.5. The molecule has 0 saturated carbocycles. The maximum Gasteiger partial charge on any atom is 0.305 e. The van der Waals surface area contributed by atoms with Crippen LogP contribution in [0.25, 0.3) is 0 Å². The van der Waals surface area contributed by atoms with Gasteiger partial charge in [-0.25, -0.2) is 0 Å². The van der Waals surface area contributed by atoms with E-state index in [4.69, 9.17) is 9.47 Å². The minimum Gasteiger partial charge on any atom is -0.425 e. The molecule has 0 amide bonds. The second-order valence-electron chi connectivity index (χ2n) is 2.29. The average molecular weight is 199 g/mol. The minimum absolute atomic E-state index is 0.336. The first kappa shape index (κ1) is 11.9. The van der Waals surface area contributed by atoms with Crippen molar-refractivity contribution < 1.29 is 19.1 Å². The molecule has 0 rings (SSSR count). The Bertz CT molecular complexity index is 196. The molecule has 0 aliphatic rings. The lowest BCUT2D eigenvalue weighted by molar-refractivity contribution is -0.183. The lowest BCUT2D eigenvalue weighted by atomic mass is 10.4. The van der Waals surface area contributed by atoms with Crippen LogP contribution in [-0.2, 0) is 19.1 Å². The van der Waals surface area contributed by atoms with Gasteiger partial charge in [0.05, 0.1) is 10.2 Å². The predicted octanol–water partition coefficient (Wildman–Crippen LogP) is 0.511. The maximum absolute atomic E-state index is 10.5. The number of hydrogen-bond donors (Lipinski definition) is 0. The van der Waals surface area contributed by atoms with Crippen molar-refractivity contribution in [1.29, 1.82) is 0 Å². The molecule has 0 aliphatic carbocycles. The fourth-order valence-electron chi connectivity index (χ4n) is 0.670. The summed E-state index contributed by atoms with van der Waals surface area (Å²) in [6.07, 6.45) is 1.18. The first-order valence-electron chi connectivity index (χ1n) is 3.73. The quantitative estimate of drug-likeness (QED) is 0.376. The van der Waals surface area contributed by atoms with E-state index < -0.39 is 18.2 Å². The Labute approximate surface area is 80.3 Å². The van der Waals surface area contributed by atoms with Gasteiger partial charge in [0.1, 0.15) is 0 Å². The minimum atomic E-state index is -0.831. The summed E-state index contributed by atoms with van der Waals surface area (Å²) in [5, 5.41) is 0. The predicted molar refractivity (Wildman–Crippen MR) is 46.8 cm³/mol. The van der Waals surface area contributed by atoms with Gasteiger partial charge < -0.3 is 9.47 Å². The number of carbonyl (C=O) groups excluding carboxylic acids is 2. The van der Waals surface area contributed by atoms with E-state index in [2.05, 4.69) is 10.2 Å². The van der Waals surface area contributed by atoms with Gasteiger partial charge in [-0.2, -0.15) is 0 Å². The summed E-state index contributed by atoms with van der Waals surface area (Å²) in [4.78, 5) is 21.1. The number of carbonyl (C=O) groups is 2. The normalized spacial score (nSPS) is 10.5. The van der Waals surface area contributed by atoms with Crippen LogP contribution in [-0.4, -0.2) is 28.5 Å². The van der Waals surface area contributed by atoms with Crippen LogP contribution >= 0.6 is 0 Å². The van der Waals surface area contributed by atoms with E-state index in [1.165, 1.54) is 13.8 Å². The second-order valence-corrected chi connectivity index (χ2v) is 2.62. The summed E-state index contributed by atoms with van der Waals surface area (Å²) in [5.41, 5.74) is 1.60. The van der Waals surface area contributed by atoms with Crippen LogP contribution < -0.4 is 0 Å². The molecular weight excluding hydrogens is 188 g/mol. The molecule has 0 aromatic carbocycles. The van der Waals surface area contributed by atoms with Crippen LogP contribution in [0.15, 0.2) is 11.8 Å². The molecule has 0 spiro atoms. The van der Waals surface area contributed by atoms with E-state index in [9.17, 15) is 9.59 Å². The molecule has 0 heterocycles. The zero-order valence-electron chi connectivity index (χ0n) is 7.57. The van der Waals surface area contributed by atoms with Crippen molar-refractivity contribution in [3.05, 3.63) is 11.8 Å². The van der Waals surface area contributed by atoms with Crippen molar-refractivity contribution in [2.45, 2.75) is 26.6 Å². The first-order chi connectivity index (χ1) is 6.06. The van der Waals surface area contributed by atoms with Gasteiger partial charge >= 0.3 is 11.9 Å². The highest BCUT2D eigenvalue weighted by Gasteiger charge is 2.12. The van der Waals surface area contributed by atoms with E-state index in [1.54, 1.807) is 11.8 Å². The molecule has 0 atom stereocenters. The summed E-state index contributed by atoms with van der Waals surface area (Å²) in [7, 11) is 3.09. The number of esters is 2. The zero-order chi connectivity index (χ0) is 10.3. The Morgan fingerprint density at radius 3 is 2.08 bits per heavy atom. The average Bonchev–Trinajstić information content (AvgIpc) is 1.98. The van der Waals surface area contributed by atoms with Crippen LogP contribution in [0.4, 0.5) is 0 Å². The Hall–Kier alpha value is -1.10. The topological polar surface area (TPSA) is 52.6 Å². The van der Waals surface area contributed by atoms with Gasteiger partial charge in [0.2, 0.25) is 0 Å². The van der Waals surface area contributed by atoms with Crippen molar-refractivity contribution >= 4 is 22.2 Å². The molecule has 0 N–H and O–H groups in total. The standard InChI is InChI=1S/C8H11O4Si/c1-6(9)11-8(4-3-5-13)12-7(2)10/h3,5,8H,4H2,1-2H3. The Morgan fingerprint density at radius 2 is 1.77 bits per heavy atom. The fraction of sp³-hybridized carbons (Fsp3) is 0.500. The molecule has 0 aromatic rings. The number of ether oxygens (including phenoxy) is 2. The molecule has 4 nitrogen and oxygen atoms in total. The third kappa shape index (κ3) is 7.26. The van der Waals surface area contributed by atoms with E-state index in [-0.39, 0.29) is 0 Å². The molecule has 0 unspecified atom stereocenters. The molecule has 0 aromatic heterocycles. The highest BCUT2D eigenvalue weighted by atomic mass is 28.1. The summed E-state index contributed by atoms with van der Waals surface area (Å²) in [6, 6.07) is 0. The monoisotopic (exact) mass is 199 g/mol. The third-order valence-corrected chi connectivity index (χ3v) is 1.28. The van der Waals surface area contributed by atoms with Crippen molar-refractivity contribution in [1.82, 2.24) is 0 Å². The van der Waals surface area contributed by atoms with Gasteiger partial charge in [0, 0.05) is 20.3 Å². The Kier molecular flexibility index (Phi) is 5.87. The Balaban J connectivity index is 4.01. The Morgan fingerprint density at radius 1 is 1.31 bits per heavy atom. The molecule has 3 radical (unpaired) electrons. The first-order valence-corrected chi connectivity index (χ1v) is 4.30. The van der Waals surface area contributed by atoms with E-state index in [1.807, 2.05) is 0 Å².